The maximum atomic E-state index is 11.5. The summed E-state index contributed by atoms with van der Waals surface area (Å²) in [6.07, 6.45) is 25.6. The van der Waals surface area contributed by atoms with E-state index in [9.17, 15) is 4.79 Å². The van der Waals surface area contributed by atoms with Gasteiger partial charge in [0.15, 0.2) is 0 Å². The minimum atomic E-state index is 0.00654. The van der Waals surface area contributed by atoms with Gasteiger partial charge in [0.2, 0.25) is 0 Å². The van der Waals surface area contributed by atoms with E-state index in [4.69, 9.17) is 0 Å². The van der Waals surface area contributed by atoms with Crippen molar-refractivity contribution in [2.24, 2.45) is 0 Å². The molecule has 0 unspecified atom stereocenters. The number of carbonyl (C=O) groups excluding carboxylic acids is 1. The van der Waals surface area contributed by atoms with Crippen LogP contribution in [-0.4, -0.2) is 19.1 Å². The fourth-order valence-corrected chi connectivity index (χ4v) is 3.51. The topological polar surface area (TPSA) is 41.1 Å². The molecule has 0 aromatic rings. The molecule has 2 amide bonds. The van der Waals surface area contributed by atoms with Gasteiger partial charge in [0.25, 0.3) is 0 Å². The molecule has 2 N–H and O–H groups in total. The van der Waals surface area contributed by atoms with Crippen LogP contribution in [0.3, 0.4) is 0 Å². The fourth-order valence-electron chi connectivity index (χ4n) is 3.51. The third-order valence-electron chi connectivity index (χ3n) is 5.38. The first-order valence-electron chi connectivity index (χ1n) is 12.3. The molecule has 162 valence electrons. The third-order valence-corrected chi connectivity index (χ3v) is 5.38. The zero-order chi connectivity index (χ0) is 19.8. The Morgan fingerprint density at radius 2 is 0.704 bits per heavy atom. The standard InChI is InChI=1S/C24H50N2O/c1-3-5-7-8-9-10-11-12-13-14-15-16-17-18-19-21-23-26-24(27)25-22-20-6-4-2/h3-23H2,1-2H3,(H2,25,26,27). The molecule has 0 fully saturated rings. The van der Waals surface area contributed by atoms with Gasteiger partial charge < -0.3 is 10.6 Å². The van der Waals surface area contributed by atoms with E-state index in [1.165, 1.54) is 109 Å². The van der Waals surface area contributed by atoms with Crippen molar-refractivity contribution in [2.45, 2.75) is 136 Å². The second kappa shape index (κ2) is 23.3. The number of hydrogen-bond donors (Lipinski definition) is 2. The first kappa shape index (κ1) is 26.3. The number of nitrogens with one attached hydrogen (secondary N) is 2. The Kier molecular flexibility index (Phi) is 22.7. The molecule has 0 bridgehead atoms. The second-order valence-electron chi connectivity index (χ2n) is 8.19. The maximum Gasteiger partial charge on any atom is 0.314 e. The minimum Gasteiger partial charge on any atom is -0.338 e. The first-order valence-corrected chi connectivity index (χ1v) is 12.3. The average molecular weight is 383 g/mol. The summed E-state index contributed by atoms with van der Waals surface area (Å²) in [6, 6.07) is 0.00654. The highest BCUT2D eigenvalue weighted by Crippen LogP contribution is 2.13. The van der Waals surface area contributed by atoms with E-state index in [-0.39, 0.29) is 6.03 Å². The summed E-state index contributed by atoms with van der Waals surface area (Å²) in [6.45, 7) is 6.09. The lowest BCUT2D eigenvalue weighted by Gasteiger charge is -2.07. The number of urea groups is 1. The highest BCUT2D eigenvalue weighted by Gasteiger charge is 1.98. The summed E-state index contributed by atoms with van der Waals surface area (Å²) < 4.78 is 0. The third kappa shape index (κ3) is 23.2. The molecular weight excluding hydrogens is 332 g/mol. The van der Waals surface area contributed by atoms with Crippen LogP contribution in [0.25, 0.3) is 0 Å². The number of hydrogen-bond acceptors (Lipinski definition) is 1. The highest BCUT2D eigenvalue weighted by atomic mass is 16.2. The Labute approximate surface area is 170 Å². The summed E-state index contributed by atoms with van der Waals surface area (Å²) in [4.78, 5) is 11.5. The van der Waals surface area contributed by atoms with Gasteiger partial charge in [-0.3, -0.25) is 0 Å². The summed E-state index contributed by atoms with van der Waals surface area (Å²) in [5.74, 6) is 0. The van der Waals surface area contributed by atoms with Crippen molar-refractivity contribution >= 4 is 6.03 Å². The van der Waals surface area contributed by atoms with Crippen LogP contribution in [0, 0.1) is 0 Å². The lowest BCUT2D eigenvalue weighted by atomic mass is 10.0. The SMILES string of the molecule is CCCCCCCCCCCCCCCCCCNC(=O)NCCCCC. The number of rotatable bonds is 21. The molecular formula is C24H50N2O. The first-order chi connectivity index (χ1) is 13.3. The van der Waals surface area contributed by atoms with Crippen molar-refractivity contribution in [3.63, 3.8) is 0 Å². The molecule has 27 heavy (non-hydrogen) atoms. The van der Waals surface area contributed by atoms with Gasteiger partial charge in [0.1, 0.15) is 0 Å². The zero-order valence-electron chi connectivity index (χ0n) is 18.8. The van der Waals surface area contributed by atoms with Gasteiger partial charge in [-0.15, -0.1) is 0 Å². The fraction of sp³-hybridized carbons (Fsp3) is 0.958. The quantitative estimate of drug-likeness (QED) is 0.196. The predicted molar refractivity (Wildman–Crippen MR) is 120 cm³/mol. The highest BCUT2D eigenvalue weighted by molar-refractivity contribution is 5.73. The van der Waals surface area contributed by atoms with Crippen LogP contribution < -0.4 is 10.6 Å². The monoisotopic (exact) mass is 382 g/mol. The van der Waals surface area contributed by atoms with Crippen molar-refractivity contribution in [3.05, 3.63) is 0 Å². The summed E-state index contributed by atoms with van der Waals surface area (Å²) in [5, 5.41) is 5.88. The van der Waals surface area contributed by atoms with Gasteiger partial charge in [-0.1, -0.05) is 123 Å². The summed E-state index contributed by atoms with van der Waals surface area (Å²) in [5.41, 5.74) is 0. The van der Waals surface area contributed by atoms with E-state index in [0.29, 0.717) is 0 Å². The van der Waals surface area contributed by atoms with E-state index in [0.717, 1.165) is 25.9 Å². The van der Waals surface area contributed by atoms with Crippen LogP contribution in [0.2, 0.25) is 0 Å². The minimum absolute atomic E-state index is 0.00654. The molecule has 0 radical (unpaired) electrons. The smallest absolute Gasteiger partial charge is 0.314 e. The van der Waals surface area contributed by atoms with Crippen molar-refractivity contribution < 1.29 is 4.79 Å². The molecule has 0 aromatic carbocycles. The molecule has 0 atom stereocenters. The largest absolute Gasteiger partial charge is 0.338 e. The van der Waals surface area contributed by atoms with Gasteiger partial charge in [-0.25, -0.2) is 4.79 Å². The number of unbranched alkanes of at least 4 members (excludes halogenated alkanes) is 17. The Bertz CT molecular complexity index is 294. The molecule has 0 spiro atoms. The van der Waals surface area contributed by atoms with E-state index in [1.54, 1.807) is 0 Å². The maximum absolute atomic E-state index is 11.5. The molecule has 3 heteroatoms. The molecule has 0 saturated heterocycles. The Morgan fingerprint density at radius 3 is 1.07 bits per heavy atom. The van der Waals surface area contributed by atoms with Crippen LogP contribution in [0.5, 0.6) is 0 Å². The molecule has 0 aromatic heterocycles. The molecule has 3 nitrogen and oxygen atoms in total. The zero-order valence-corrected chi connectivity index (χ0v) is 18.8. The normalized spacial score (nSPS) is 10.9. The average Bonchev–Trinajstić information content (AvgIpc) is 2.67. The van der Waals surface area contributed by atoms with E-state index < -0.39 is 0 Å². The number of carbonyl (C=O) groups is 1. The van der Waals surface area contributed by atoms with Crippen LogP contribution in [0.1, 0.15) is 136 Å². The Balaban J connectivity index is 3.07. The van der Waals surface area contributed by atoms with Crippen molar-refractivity contribution in [1.82, 2.24) is 10.6 Å². The summed E-state index contributed by atoms with van der Waals surface area (Å²) >= 11 is 0. The van der Waals surface area contributed by atoms with Gasteiger partial charge in [0.05, 0.1) is 0 Å². The molecule has 0 saturated carbocycles. The van der Waals surface area contributed by atoms with Crippen LogP contribution in [-0.2, 0) is 0 Å². The number of amides is 2. The van der Waals surface area contributed by atoms with Crippen LogP contribution >= 0.6 is 0 Å². The summed E-state index contributed by atoms with van der Waals surface area (Å²) in [7, 11) is 0. The van der Waals surface area contributed by atoms with Gasteiger partial charge >= 0.3 is 6.03 Å². The van der Waals surface area contributed by atoms with E-state index in [2.05, 4.69) is 24.5 Å². The molecule has 0 aliphatic rings. The lowest BCUT2D eigenvalue weighted by Crippen LogP contribution is -2.36. The van der Waals surface area contributed by atoms with Gasteiger partial charge in [-0.05, 0) is 12.8 Å². The van der Waals surface area contributed by atoms with Crippen molar-refractivity contribution in [1.29, 1.82) is 0 Å². The van der Waals surface area contributed by atoms with Gasteiger partial charge in [0, 0.05) is 13.1 Å². The van der Waals surface area contributed by atoms with E-state index in [1.807, 2.05) is 0 Å². The molecule has 0 heterocycles. The van der Waals surface area contributed by atoms with Gasteiger partial charge in [-0.2, -0.15) is 0 Å². The lowest BCUT2D eigenvalue weighted by molar-refractivity contribution is 0.240. The molecule has 0 rings (SSSR count). The van der Waals surface area contributed by atoms with Crippen molar-refractivity contribution in [2.75, 3.05) is 13.1 Å². The predicted octanol–water partition coefficient (Wildman–Crippen LogP) is 7.74. The Hall–Kier alpha value is -0.730. The van der Waals surface area contributed by atoms with E-state index >= 15 is 0 Å². The second-order valence-corrected chi connectivity index (χ2v) is 8.19. The van der Waals surface area contributed by atoms with Crippen LogP contribution in [0.15, 0.2) is 0 Å². The Morgan fingerprint density at radius 1 is 0.444 bits per heavy atom. The van der Waals surface area contributed by atoms with Crippen LogP contribution in [0.4, 0.5) is 4.79 Å². The molecule has 0 aliphatic heterocycles. The van der Waals surface area contributed by atoms with Crippen molar-refractivity contribution in [3.8, 4) is 0 Å². The molecule has 0 aliphatic carbocycles.